The van der Waals surface area contributed by atoms with Gasteiger partial charge in [0.1, 0.15) is 12.0 Å². The number of phenols is 1. The maximum Gasteiger partial charge on any atom is 0.136 e. The first-order valence-electron chi connectivity index (χ1n) is 9.51. The molecule has 6 heteroatoms. The highest BCUT2D eigenvalue weighted by Crippen LogP contribution is 2.40. The highest BCUT2D eigenvalue weighted by Gasteiger charge is 2.33. The van der Waals surface area contributed by atoms with Crippen molar-refractivity contribution in [3.63, 3.8) is 0 Å². The second-order valence-corrected chi connectivity index (χ2v) is 6.91. The van der Waals surface area contributed by atoms with Crippen LogP contribution >= 0.6 is 0 Å². The zero-order valence-corrected chi connectivity index (χ0v) is 16.9. The molecule has 0 bridgehead atoms. The van der Waals surface area contributed by atoms with E-state index in [-0.39, 0.29) is 11.8 Å². The lowest BCUT2D eigenvalue weighted by Gasteiger charge is -2.17. The standard InChI is InChI=1S/C12H17N3O.C9H17NO/c1-8(7-13)12(15-3)10-5-4-9(14-2)6-11(10)16;1-2-3-8(7-4-5-7)9(10)6-11/h4-7,14,16H,13H2,1-3H3;6-9H,2-5,10H2,1H3/b8-7-,15-12?;. The van der Waals surface area contributed by atoms with Crippen LogP contribution in [0, 0.1) is 11.8 Å². The molecule has 0 radical (unpaired) electrons. The van der Waals surface area contributed by atoms with E-state index in [1.54, 1.807) is 20.2 Å². The Balaban J connectivity index is 0.000000289. The fraction of sp³-hybridized carbons (Fsp3) is 0.524. The summed E-state index contributed by atoms with van der Waals surface area (Å²) in [7, 11) is 3.47. The summed E-state index contributed by atoms with van der Waals surface area (Å²) in [5.41, 5.74) is 14.2. The number of anilines is 1. The minimum atomic E-state index is -0.206. The van der Waals surface area contributed by atoms with Gasteiger partial charge >= 0.3 is 0 Å². The molecule has 1 fully saturated rings. The van der Waals surface area contributed by atoms with E-state index in [4.69, 9.17) is 11.5 Å². The summed E-state index contributed by atoms with van der Waals surface area (Å²) in [6.07, 6.45) is 7.21. The summed E-state index contributed by atoms with van der Waals surface area (Å²) in [5, 5.41) is 12.8. The molecule has 1 aromatic carbocycles. The summed E-state index contributed by atoms with van der Waals surface area (Å²) in [4.78, 5) is 14.6. The molecular weight excluding hydrogens is 340 g/mol. The number of hydrogen-bond donors (Lipinski definition) is 4. The Morgan fingerprint density at radius 2 is 2.11 bits per heavy atom. The number of nitrogens with zero attached hydrogens (tertiary/aromatic N) is 1. The van der Waals surface area contributed by atoms with Crippen molar-refractivity contribution in [3.05, 3.63) is 35.5 Å². The van der Waals surface area contributed by atoms with E-state index in [1.165, 1.54) is 19.0 Å². The lowest BCUT2D eigenvalue weighted by molar-refractivity contribution is -0.110. The van der Waals surface area contributed by atoms with E-state index < -0.39 is 0 Å². The Kier molecular flexibility index (Phi) is 9.58. The molecule has 1 saturated carbocycles. The Bertz CT molecular complexity index is 666. The van der Waals surface area contributed by atoms with Crippen LogP contribution in [0.5, 0.6) is 5.75 Å². The predicted octanol–water partition coefficient (Wildman–Crippen LogP) is 3.05. The number of rotatable bonds is 8. The minimum Gasteiger partial charge on any atom is -0.507 e. The number of aromatic hydroxyl groups is 1. The van der Waals surface area contributed by atoms with Crippen LogP contribution in [0.2, 0.25) is 0 Å². The van der Waals surface area contributed by atoms with Crippen molar-refractivity contribution >= 4 is 17.7 Å². The second kappa shape index (κ2) is 11.4. The molecule has 0 spiro atoms. The summed E-state index contributed by atoms with van der Waals surface area (Å²) in [5.74, 6) is 1.42. The largest absolute Gasteiger partial charge is 0.507 e. The monoisotopic (exact) mass is 374 g/mol. The lowest BCUT2D eigenvalue weighted by Crippen LogP contribution is -2.32. The molecule has 150 valence electrons. The first kappa shape index (κ1) is 22.7. The van der Waals surface area contributed by atoms with Crippen LogP contribution in [0.1, 0.15) is 45.1 Å². The number of phenolic OH excluding ortho intramolecular Hbond substituents is 1. The Labute approximate surface area is 162 Å². The number of allylic oxidation sites excluding steroid dienone is 1. The second-order valence-electron chi connectivity index (χ2n) is 6.91. The van der Waals surface area contributed by atoms with E-state index in [9.17, 15) is 9.90 Å². The summed E-state index contributed by atoms with van der Waals surface area (Å²) < 4.78 is 0. The summed E-state index contributed by atoms with van der Waals surface area (Å²) >= 11 is 0. The number of carbonyl (C=O) groups excluding carboxylic acids is 1. The lowest BCUT2D eigenvalue weighted by atomic mass is 9.91. The number of hydrogen-bond acceptors (Lipinski definition) is 6. The molecular formula is C21H34N4O2. The zero-order chi connectivity index (χ0) is 20.4. The van der Waals surface area contributed by atoms with Gasteiger partial charge in [-0.1, -0.05) is 13.3 Å². The van der Waals surface area contributed by atoms with E-state index >= 15 is 0 Å². The van der Waals surface area contributed by atoms with Gasteiger partial charge in [-0.05, 0) is 61.9 Å². The molecule has 27 heavy (non-hydrogen) atoms. The number of nitrogens with one attached hydrogen (secondary N) is 1. The van der Waals surface area contributed by atoms with Crippen molar-refractivity contribution in [2.24, 2.45) is 28.3 Å². The van der Waals surface area contributed by atoms with E-state index in [1.807, 2.05) is 19.1 Å². The highest BCUT2D eigenvalue weighted by molar-refractivity contribution is 6.13. The van der Waals surface area contributed by atoms with Gasteiger partial charge in [0.05, 0.1) is 11.8 Å². The van der Waals surface area contributed by atoms with Crippen LogP contribution in [-0.4, -0.2) is 37.2 Å². The average molecular weight is 375 g/mol. The van der Waals surface area contributed by atoms with E-state index in [0.29, 0.717) is 17.2 Å². The SMILES string of the molecule is CCCC(C(N)C=O)C1CC1.CN=C(/C(C)=C\N)c1ccc(NC)cc1O. The number of carbonyl (C=O) groups is 1. The van der Waals surface area contributed by atoms with E-state index in [2.05, 4.69) is 17.2 Å². The minimum absolute atomic E-state index is 0.189. The zero-order valence-electron chi connectivity index (χ0n) is 16.9. The fourth-order valence-electron chi connectivity index (χ4n) is 3.18. The Hall–Kier alpha value is -2.34. The van der Waals surface area contributed by atoms with Crippen molar-refractivity contribution in [1.82, 2.24) is 0 Å². The van der Waals surface area contributed by atoms with Gasteiger partial charge in [0.25, 0.3) is 0 Å². The molecule has 2 rings (SSSR count). The van der Waals surface area contributed by atoms with Crippen molar-refractivity contribution < 1.29 is 9.90 Å². The molecule has 2 atom stereocenters. The summed E-state index contributed by atoms with van der Waals surface area (Å²) in [6.45, 7) is 4.00. The number of aldehydes is 1. The molecule has 0 aliphatic heterocycles. The van der Waals surface area contributed by atoms with Gasteiger partial charge in [-0.2, -0.15) is 0 Å². The third-order valence-corrected chi connectivity index (χ3v) is 4.89. The van der Waals surface area contributed by atoms with Crippen molar-refractivity contribution in [3.8, 4) is 5.75 Å². The molecule has 0 amide bonds. The first-order chi connectivity index (χ1) is 12.9. The van der Waals surface area contributed by atoms with Gasteiger partial charge in [-0.15, -0.1) is 0 Å². The van der Waals surface area contributed by atoms with Crippen molar-refractivity contribution in [1.29, 1.82) is 0 Å². The maximum absolute atomic E-state index is 10.4. The molecule has 6 N–H and O–H groups in total. The predicted molar refractivity (Wildman–Crippen MR) is 113 cm³/mol. The molecule has 1 aromatic rings. The van der Waals surface area contributed by atoms with Crippen LogP contribution in [0.25, 0.3) is 0 Å². The van der Waals surface area contributed by atoms with Crippen molar-refractivity contribution in [2.45, 2.75) is 45.6 Å². The number of benzene rings is 1. The van der Waals surface area contributed by atoms with Crippen LogP contribution < -0.4 is 16.8 Å². The van der Waals surface area contributed by atoms with Gasteiger partial charge in [-0.3, -0.25) is 4.99 Å². The number of nitrogens with two attached hydrogens (primary N) is 2. The molecule has 1 aliphatic carbocycles. The molecule has 0 saturated heterocycles. The van der Waals surface area contributed by atoms with Gasteiger partial charge < -0.3 is 26.7 Å². The van der Waals surface area contributed by atoms with Gasteiger partial charge in [-0.25, -0.2) is 0 Å². The smallest absolute Gasteiger partial charge is 0.136 e. The van der Waals surface area contributed by atoms with Gasteiger partial charge in [0, 0.05) is 31.4 Å². The van der Waals surface area contributed by atoms with Gasteiger partial charge in [0.15, 0.2) is 0 Å². The average Bonchev–Trinajstić information content (AvgIpc) is 3.52. The van der Waals surface area contributed by atoms with Crippen LogP contribution in [0.4, 0.5) is 5.69 Å². The molecule has 2 unspecified atom stereocenters. The van der Waals surface area contributed by atoms with Crippen LogP contribution in [-0.2, 0) is 4.79 Å². The maximum atomic E-state index is 10.4. The highest BCUT2D eigenvalue weighted by atomic mass is 16.3. The Morgan fingerprint density at radius 3 is 2.52 bits per heavy atom. The molecule has 1 aliphatic rings. The molecule has 0 heterocycles. The van der Waals surface area contributed by atoms with E-state index in [0.717, 1.165) is 36.3 Å². The topological polar surface area (TPSA) is 114 Å². The van der Waals surface area contributed by atoms with Crippen LogP contribution in [0.3, 0.4) is 0 Å². The number of aliphatic imine (C=N–C) groups is 1. The molecule has 0 aromatic heterocycles. The first-order valence-corrected chi connectivity index (χ1v) is 9.51. The van der Waals surface area contributed by atoms with Crippen LogP contribution in [0.15, 0.2) is 35.0 Å². The third kappa shape index (κ3) is 6.71. The van der Waals surface area contributed by atoms with Crippen molar-refractivity contribution in [2.75, 3.05) is 19.4 Å². The molecule has 6 nitrogen and oxygen atoms in total. The summed E-state index contributed by atoms with van der Waals surface area (Å²) in [6, 6.07) is 5.15. The fourth-order valence-corrected chi connectivity index (χ4v) is 3.18. The van der Waals surface area contributed by atoms with Gasteiger partial charge in [0.2, 0.25) is 0 Å². The Morgan fingerprint density at radius 1 is 1.44 bits per heavy atom. The quantitative estimate of drug-likeness (QED) is 0.412. The third-order valence-electron chi connectivity index (χ3n) is 4.89. The normalized spacial score (nSPS) is 16.8.